The summed E-state index contributed by atoms with van der Waals surface area (Å²) < 4.78 is 14.3. The molecule has 0 amide bonds. The number of hydrogen-bond acceptors (Lipinski definition) is 3. The number of anilines is 1. The minimum absolute atomic E-state index is 0.269. The van der Waals surface area contributed by atoms with E-state index in [0.29, 0.717) is 23.3 Å². The lowest BCUT2D eigenvalue weighted by atomic mass is 9.93. The minimum Gasteiger partial charge on any atom is -0.365 e. The smallest absolute Gasteiger partial charge is 0.147 e. The SMILES string of the molecule is N#Cc1ccc(N2CCCCC2C2CCCN2)c(F)c1. The van der Waals surface area contributed by atoms with Crippen molar-refractivity contribution in [3.63, 3.8) is 0 Å². The fourth-order valence-corrected chi connectivity index (χ4v) is 3.52. The summed E-state index contributed by atoms with van der Waals surface area (Å²) >= 11 is 0. The number of hydrogen-bond donors (Lipinski definition) is 1. The lowest BCUT2D eigenvalue weighted by Crippen LogP contribution is -2.50. The molecule has 2 heterocycles. The van der Waals surface area contributed by atoms with Gasteiger partial charge in [0.1, 0.15) is 5.82 Å². The highest BCUT2D eigenvalue weighted by atomic mass is 19.1. The number of nitriles is 1. The first-order valence-corrected chi connectivity index (χ1v) is 7.49. The van der Waals surface area contributed by atoms with Gasteiger partial charge in [-0.15, -0.1) is 0 Å². The number of piperidine rings is 1. The molecule has 1 aromatic rings. The van der Waals surface area contributed by atoms with Crippen molar-refractivity contribution >= 4 is 5.69 Å². The monoisotopic (exact) mass is 273 g/mol. The number of nitrogens with zero attached hydrogens (tertiary/aromatic N) is 2. The van der Waals surface area contributed by atoms with Gasteiger partial charge in [-0.2, -0.15) is 5.26 Å². The van der Waals surface area contributed by atoms with Crippen molar-refractivity contribution in [2.75, 3.05) is 18.0 Å². The van der Waals surface area contributed by atoms with Crippen LogP contribution in [0.25, 0.3) is 0 Å². The molecule has 2 aliphatic rings. The maximum atomic E-state index is 14.3. The minimum atomic E-state index is -0.269. The first kappa shape index (κ1) is 13.4. The van der Waals surface area contributed by atoms with E-state index in [0.717, 1.165) is 25.9 Å². The maximum absolute atomic E-state index is 14.3. The maximum Gasteiger partial charge on any atom is 0.147 e. The fraction of sp³-hybridized carbons (Fsp3) is 0.562. The van der Waals surface area contributed by atoms with Crippen molar-refractivity contribution in [1.29, 1.82) is 5.26 Å². The molecule has 20 heavy (non-hydrogen) atoms. The predicted molar refractivity (Wildman–Crippen MR) is 77.1 cm³/mol. The summed E-state index contributed by atoms with van der Waals surface area (Å²) in [6.45, 7) is 1.98. The highest BCUT2D eigenvalue weighted by Gasteiger charge is 2.32. The van der Waals surface area contributed by atoms with Gasteiger partial charge in [0.25, 0.3) is 0 Å². The lowest BCUT2D eigenvalue weighted by Gasteiger charge is -2.41. The fourth-order valence-electron chi connectivity index (χ4n) is 3.52. The highest BCUT2D eigenvalue weighted by molar-refractivity contribution is 5.52. The molecule has 2 aliphatic heterocycles. The van der Waals surface area contributed by atoms with Crippen LogP contribution in [0.1, 0.15) is 37.7 Å². The molecule has 1 aromatic carbocycles. The van der Waals surface area contributed by atoms with Crippen molar-refractivity contribution in [3.8, 4) is 6.07 Å². The largest absolute Gasteiger partial charge is 0.365 e. The molecule has 0 aliphatic carbocycles. The third-order valence-corrected chi connectivity index (χ3v) is 4.50. The van der Waals surface area contributed by atoms with Crippen LogP contribution in [0.4, 0.5) is 10.1 Å². The zero-order chi connectivity index (χ0) is 13.9. The van der Waals surface area contributed by atoms with Crippen LogP contribution in [0.3, 0.4) is 0 Å². The number of rotatable bonds is 2. The summed E-state index contributed by atoms with van der Waals surface area (Å²) in [5, 5.41) is 12.4. The standard InChI is InChI=1S/C16H20FN3/c17-13-10-12(11-18)6-7-15(13)20-9-2-1-5-16(20)14-4-3-8-19-14/h6-7,10,14,16,19H,1-5,8-9H2. The van der Waals surface area contributed by atoms with Gasteiger partial charge in [0.15, 0.2) is 0 Å². The average molecular weight is 273 g/mol. The molecule has 1 N–H and O–H groups in total. The van der Waals surface area contributed by atoms with E-state index in [4.69, 9.17) is 5.26 Å². The first-order valence-electron chi connectivity index (χ1n) is 7.49. The van der Waals surface area contributed by atoms with Gasteiger partial charge in [0, 0.05) is 18.6 Å². The van der Waals surface area contributed by atoms with E-state index in [9.17, 15) is 4.39 Å². The molecule has 3 nitrogen and oxygen atoms in total. The molecule has 2 atom stereocenters. The molecule has 2 fully saturated rings. The third kappa shape index (κ3) is 2.51. The number of nitrogens with one attached hydrogen (secondary N) is 1. The average Bonchev–Trinajstić information content (AvgIpc) is 3.01. The molecule has 0 saturated carbocycles. The van der Waals surface area contributed by atoms with Crippen molar-refractivity contribution in [1.82, 2.24) is 5.32 Å². The van der Waals surface area contributed by atoms with Gasteiger partial charge in [-0.05, 0) is 56.8 Å². The van der Waals surface area contributed by atoms with Gasteiger partial charge >= 0.3 is 0 Å². The Morgan fingerprint density at radius 1 is 1.25 bits per heavy atom. The van der Waals surface area contributed by atoms with Gasteiger partial charge in [0.2, 0.25) is 0 Å². The van der Waals surface area contributed by atoms with Gasteiger partial charge in [-0.25, -0.2) is 4.39 Å². The summed E-state index contributed by atoms with van der Waals surface area (Å²) in [4.78, 5) is 2.21. The Labute approximate surface area is 119 Å². The summed E-state index contributed by atoms with van der Waals surface area (Å²) in [7, 11) is 0. The third-order valence-electron chi connectivity index (χ3n) is 4.50. The molecule has 0 spiro atoms. The van der Waals surface area contributed by atoms with Gasteiger partial charge in [0.05, 0.1) is 17.3 Å². The zero-order valence-corrected chi connectivity index (χ0v) is 11.6. The van der Waals surface area contributed by atoms with E-state index in [1.165, 1.54) is 25.3 Å². The highest BCUT2D eigenvalue weighted by Crippen LogP contribution is 2.31. The van der Waals surface area contributed by atoms with Crippen LogP contribution >= 0.6 is 0 Å². The van der Waals surface area contributed by atoms with Crippen LogP contribution in [-0.2, 0) is 0 Å². The van der Waals surface area contributed by atoms with Crippen molar-refractivity contribution in [2.45, 2.75) is 44.2 Å². The molecule has 2 unspecified atom stereocenters. The molecule has 2 saturated heterocycles. The second-order valence-electron chi connectivity index (χ2n) is 5.74. The van der Waals surface area contributed by atoms with E-state index in [1.807, 2.05) is 6.07 Å². The molecular formula is C16H20FN3. The van der Waals surface area contributed by atoms with Crippen molar-refractivity contribution in [2.24, 2.45) is 0 Å². The Hall–Kier alpha value is -1.60. The van der Waals surface area contributed by atoms with E-state index in [2.05, 4.69) is 10.2 Å². The van der Waals surface area contributed by atoms with E-state index >= 15 is 0 Å². The van der Waals surface area contributed by atoms with Gasteiger partial charge in [-0.1, -0.05) is 0 Å². The predicted octanol–water partition coefficient (Wildman–Crippen LogP) is 2.81. The Kier molecular flexibility index (Phi) is 3.88. The Balaban J connectivity index is 1.87. The second-order valence-corrected chi connectivity index (χ2v) is 5.74. The van der Waals surface area contributed by atoms with Crippen LogP contribution < -0.4 is 10.2 Å². The van der Waals surface area contributed by atoms with Crippen molar-refractivity contribution < 1.29 is 4.39 Å². The van der Waals surface area contributed by atoms with E-state index in [-0.39, 0.29) is 5.82 Å². The van der Waals surface area contributed by atoms with Gasteiger partial charge < -0.3 is 10.2 Å². The Bertz CT molecular complexity index is 517. The van der Waals surface area contributed by atoms with Crippen LogP contribution in [0.2, 0.25) is 0 Å². The normalized spacial score (nSPS) is 26.5. The second kappa shape index (κ2) is 5.80. The summed E-state index contributed by atoms with van der Waals surface area (Å²) in [6, 6.07) is 7.68. The quantitative estimate of drug-likeness (QED) is 0.900. The van der Waals surface area contributed by atoms with Crippen molar-refractivity contribution in [3.05, 3.63) is 29.6 Å². The number of halogens is 1. The summed E-state index contributed by atoms with van der Waals surface area (Å²) in [5.41, 5.74) is 1.04. The molecule has 3 rings (SSSR count). The number of benzene rings is 1. The zero-order valence-electron chi connectivity index (χ0n) is 11.6. The van der Waals surface area contributed by atoms with Crippen LogP contribution in [0.5, 0.6) is 0 Å². The first-order chi connectivity index (χ1) is 9.79. The van der Waals surface area contributed by atoms with Crippen LogP contribution in [-0.4, -0.2) is 25.2 Å². The van der Waals surface area contributed by atoms with Crippen LogP contribution in [0.15, 0.2) is 18.2 Å². The van der Waals surface area contributed by atoms with Crippen LogP contribution in [0, 0.1) is 17.1 Å². The lowest BCUT2D eigenvalue weighted by molar-refractivity contribution is 0.375. The molecule has 0 radical (unpaired) electrons. The molecule has 106 valence electrons. The Morgan fingerprint density at radius 3 is 2.85 bits per heavy atom. The molecular weight excluding hydrogens is 253 g/mol. The summed E-state index contributed by atoms with van der Waals surface area (Å²) in [6.07, 6.45) is 5.85. The van der Waals surface area contributed by atoms with E-state index < -0.39 is 0 Å². The molecule has 4 heteroatoms. The molecule has 0 aromatic heterocycles. The Morgan fingerprint density at radius 2 is 2.15 bits per heavy atom. The topological polar surface area (TPSA) is 39.1 Å². The summed E-state index contributed by atoms with van der Waals surface area (Å²) in [5.74, 6) is -0.269. The van der Waals surface area contributed by atoms with E-state index in [1.54, 1.807) is 12.1 Å². The molecule has 0 bridgehead atoms. The van der Waals surface area contributed by atoms with Gasteiger partial charge in [-0.3, -0.25) is 0 Å².